The average molecular weight is 540 g/mol. The van der Waals surface area contributed by atoms with Gasteiger partial charge in [0.05, 0.1) is 24.5 Å². The van der Waals surface area contributed by atoms with E-state index in [-0.39, 0.29) is 23.4 Å². The fourth-order valence-corrected chi connectivity index (χ4v) is 5.00. The number of carbonyl (C=O) groups excluding carboxylic acids is 1. The zero-order chi connectivity index (χ0) is 26.9. The van der Waals surface area contributed by atoms with Gasteiger partial charge in [0.15, 0.2) is 11.6 Å². The lowest BCUT2D eigenvalue weighted by molar-refractivity contribution is 0.103. The van der Waals surface area contributed by atoms with Crippen LogP contribution in [0.15, 0.2) is 49.1 Å². The summed E-state index contributed by atoms with van der Waals surface area (Å²) in [4.78, 5) is 31.7. The Hall–Kier alpha value is -3.94. The van der Waals surface area contributed by atoms with Gasteiger partial charge in [-0.1, -0.05) is 13.0 Å². The number of ketones is 1. The highest BCUT2D eigenvalue weighted by Gasteiger charge is 2.24. The molecule has 5 rings (SSSR count). The van der Waals surface area contributed by atoms with E-state index in [1.54, 1.807) is 31.6 Å². The molecule has 0 aliphatic carbocycles. The van der Waals surface area contributed by atoms with Crippen LogP contribution < -0.4 is 9.62 Å². The SMILES string of the molecule is CCN(C)S(=O)(=O)Nc1cccc(C(=O)c2c[nH]c3ncc(-c4cnc(N5CCOCC5)nc4)cc23)c1F. The number of morpholine rings is 1. The minimum Gasteiger partial charge on any atom is -0.378 e. The average Bonchev–Trinajstić information content (AvgIpc) is 3.37. The molecule has 1 aliphatic rings. The van der Waals surface area contributed by atoms with Gasteiger partial charge >= 0.3 is 10.2 Å². The Labute approximate surface area is 218 Å². The molecule has 1 saturated heterocycles. The first-order chi connectivity index (χ1) is 18.3. The molecule has 0 bridgehead atoms. The van der Waals surface area contributed by atoms with Crippen molar-refractivity contribution in [2.24, 2.45) is 0 Å². The number of halogens is 1. The van der Waals surface area contributed by atoms with Crippen LogP contribution in [0, 0.1) is 5.82 Å². The molecule has 4 aromatic rings. The summed E-state index contributed by atoms with van der Waals surface area (Å²) in [6, 6.07) is 5.77. The van der Waals surface area contributed by atoms with Crippen molar-refractivity contribution < 1.29 is 22.3 Å². The second-order valence-corrected chi connectivity index (χ2v) is 10.5. The molecule has 38 heavy (non-hydrogen) atoms. The number of benzene rings is 1. The molecule has 0 spiro atoms. The molecule has 0 saturated carbocycles. The lowest BCUT2D eigenvalue weighted by atomic mass is 10.0. The number of aromatic amines is 1. The number of nitrogens with zero attached hydrogens (tertiary/aromatic N) is 5. The molecule has 1 fully saturated rings. The zero-order valence-corrected chi connectivity index (χ0v) is 21.6. The highest BCUT2D eigenvalue weighted by molar-refractivity contribution is 7.90. The maximum absolute atomic E-state index is 15.3. The van der Waals surface area contributed by atoms with Gasteiger partial charge in [-0.05, 0) is 18.2 Å². The van der Waals surface area contributed by atoms with Crippen LogP contribution in [0.4, 0.5) is 16.0 Å². The van der Waals surface area contributed by atoms with Gasteiger partial charge in [-0.3, -0.25) is 9.52 Å². The van der Waals surface area contributed by atoms with Crippen molar-refractivity contribution in [3.05, 3.63) is 66.0 Å². The van der Waals surface area contributed by atoms with Gasteiger partial charge in [0.1, 0.15) is 5.65 Å². The number of hydrogen-bond donors (Lipinski definition) is 2. The standard InChI is InChI=1S/C25H26FN7O4S/c1-3-32(2)38(35,36)31-21-6-4-5-18(22(21)26)23(34)20-15-28-24-19(20)11-16(12-27-24)17-13-29-25(30-14-17)33-7-9-37-10-8-33/h4-6,11-15,31H,3,7-10H2,1-2H3,(H,27,28). The van der Waals surface area contributed by atoms with Crippen molar-refractivity contribution in [1.29, 1.82) is 0 Å². The van der Waals surface area contributed by atoms with E-state index in [0.29, 0.717) is 41.3 Å². The van der Waals surface area contributed by atoms with Crippen LogP contribution >= 0.6 is 0 Å². The first kappa shape index (κ1) is 25.7. The summed E-state index contributed by atoms with van der Waals surface area (Å²) >= 11 is 0. The molecular weight excluding hydrogens is 513 g/mol. The van der Waals surface area contributed by atoms with E-state index in [1.807, 2.05) is 4.90 Å². The highest BCUT2D eigenvalue weighted by Crippen LogP contribution is 2.28. The van der Waals surface area contributed by atoms with Crippen molar-refractivity contribution in [2.75, 3.05) is 49.5 Å². The molecular formula is C25H26FN7O4S. The Morgan fingerprint density at radius 1 is 1.13 bits per heavy atom. The Morgan fingerprint density at radius 3 is 2.55 bits per heavy atom. The predicted molar refractivity (Wildman–Crippen MR) is 141 cm³/mol. The monoisotopic (exact) mass is 539 g/mol. The van der Waals surface area contributed by atoms with Crippen molar-refractivity contribution in [2.45, 2.75) is 6.92 Å². The molecule has 0 unspecified atom stereocenters. The van der Waals surface area contributed by atoms with Crippen molar-refractivity contribution in [3.8, 4) is 11.1 Å². The fraction of sp³-hybridized carbons (Fsp3) is 0.280. The number of hydrogen-bond acceptors (Lipinski definition) is 8. The Bertz CT molecular complexity index is 1590. The van der Waals surface area contributed by atoms with Crippen LogP contribution in [-0.4, -0.2) is 78.3 Å². The number of pyridine rings is 1. The number of rotatable bonds is 8. The van der Waals surface area contributed by atoms with E-state index >= 15 is 4.39 Å². The molecule has 4 heterocycles. The maximum Gasteiger partial charge on any atom is 0.301 e. The van der Waals surface area contributed by atoms with E-state index in [2.05, 4.69) is 24.7 Å². The first-order valence-electron chi connectivity index (χ1n) is 12.0. The van der Waals surface area contributed by atoms with Crippen LogP contribution in [0.2, 0.25) is 0 Å². The third-order valence-corrected chi connectivity index (χ3v) is 7.94. The van der Waals surface area contributed by atoms with Crippen LogP contribution in [0.1, 0.15) is 22.8 Å². The van der Waals surface area contributed by atoms with E-state index in [4.69, 9.17) is 4.74 Å². The van der Waals surface area contributed by atoms with Crippen molar-refractivity contribution in [3.63, 3.8) is 0 Å². The first-order valence-corrected chi connectivity index (χ1v) is 13.4. The summed E-state index contributed by atoms with van der Waals surface area (Å²) in [5.74, 6) is -0.965. The molecule has 0 radical (unpaired) electrons. The summed E-state index contributed by atoms with van der Waals surface area (Å²) < 4.78 is 48.7. The minimum absolute atomic E-state index is 0.196. The van der Waals surface area contributed by atoms with Crippen LogP contribution in [0.25, 0.3) is 22.2 Å². The second kappa shape index (κ2) is 10.4. The second-order valence-electron chi connectivity index (χ2n) is 8.71. The molecule has 2 N–H and O–H groups in total. The molecule has 1 aromatic carbocycles. The van der Waals surface area contributed by atoms with Gasteiger partial charge < -0.3 is 14.6 Å². The largest absolute Gasteiger partial charge is 0.378 e. The molecule has 3 aromatic heterocycles. The molecule has 198 valence electrons. The van der Waals surface area contributed by atoms with Crippen molar-refractivity contribution in [1.82, 2.24) is 24.2 Å². The van der Waals surface area contributed by atoms with Gasteiger partial charge in [0.25, 0.3) is 0 Å². The summed E-state index contributed by atoms with van der Waals surface area (Å²) in [5, 5.41) is 0.487. The third kappa shape index (κ3) is 4.95. The Morgan fingerprint density at radius 2 is 1.84 bits per heavy atom. The number of aromatic nitrogens is 4. The van der Waals surface area contributed by atoms with Crippen LogP contribution in [-0.2, 0) is 14.9 Å². The van der Waals surface area contributed by atoms with Gasteiger partial charge in [0.2, 0.25) is 5.95 Å². The van der Waals surface area contributed by atoms with E-state index < -0.39 is 21.8 Å². The minimum atomic E-state index is -3.97. The molecule has 13 heteroatoms. The quantitative estimate of drug-likeness (QED) is 0.327. The van der Waals surface area contributed by atoms with E-state index in [0.717, 1.165) is 17.4 Å². The summed E-state index contributed by atoms with van der Waals surface area (Å²) in [5.41, 5.74) is 1.46. The number of fused-ring (bicyclic) bond motifs is 1. The van der Waals surface area contributed by atoms with Gasteiger partial charge in [-0.2, -0.15) is 12.7 Å². The fourth-order valence-electron chi connectivity index (χ4n) is 4.06. The number of nitrogens with one attached hydrogen (secondary N) is 2. The number of ether oxygens (including phenoxy) is 1. The number of anilines is 2. The molecule has 0 atom stereocenters. The van der Waals surface area contributed by atoms with Crippen LogP contribution in [0.3, 0.4) is 0 Å². The van der Waals surface area contributed by atoms with E-state index in [1.165, 1.54) is 31.4 Å². The summed E-state index contributed by atoms with van der Waals surface area (Å²) in [6.07, 6.45) is 6.48. The van der Waals surface area contributed by atoms with Crippen molar-refractivity contribution >= 4 is 38.7 Å². The number of H-pyrrole nitrogens is 1. The number of carbonyl (C=O) groups is 1. The molecule has 11 nitrogen and oxygen atoms in total. The Kier molecular flexibility index (Phi) is 7.06. The normalized spacial score (nSPS) is 14.3. The Balaban J connectivity index is 1.45. The lowest BCUT2D eigenvalue weighted by Gasteiger charge is -2.26. The maximum atomic E-state index is 15.3. The van der Waals surface area contributed by atoms with Gasteiger partial charge in [-0.25, -0.2) is 19.3 Å². The molecule has 0 amide bonds. The highest BCUT2D eigenvalue weighted by atomic mass is 32.2. The summed E-state index contributed by atoms with van der Waals surface area (Å²) in [6.45, 7) is 4.54. The zero-order valence-electron chi connectivity index (χ0n) is 20.8. The topological polar surface area (TPSA) is 133 Å². The lowest BCUT2D eigenvalue weighted by Crippen LogP contribution is -2.37. The molecule has 1 aliphatic heterocycles. The summed E-state index contributed by atoms with van der Waals surface area (Å²) in [7, 11) is -2.60. The third-order valence-electron chi connectivity index (χ3n) is 6.38. The van der Waals surface area contributed by atoms with Crippen LogP contribution in [0.5, 0.6) is 0 Å². The predicted octanol–water partition coefficient (Wildman–Crippen LogP) is 2.84. The van der Waals surface area contributed by atoms with E-state index in [9.17, 15) is 13.2 Å². The van der Waals surface area contributed by atoms with Gasteiger partial charge in [-0.15, -0.1) is 0 Å². The van der Waals surface area contributed by atoms with Gasteiger partial charge in [0, 0.05) is 73.5 Å². The smallest absolute Gasteiger partial charge is 0.301 e.